The summed E-state index contributed by atoms with van der Waals surface area (Å²) in [4.78, 5) is 2.42. The predicted octanol–water partition coefficient (Wildman–Crippen LogP) is 2.50. The summed E-state index contributed by atoms with van der Waals surface area (Å²) >= 11 is 2.00. The Bertz CT molecular complexity index is 523. The average Bonchev–Trinajstić information content (AvgIpc) is 2.44. The highest BCUT2D eigenvalue weighted by molar-refractivity contribution is 8.00. The van der Waals surface area contributed by atoms with Gasteiger partial charge in [0.2, 0.25) is 0 Å². The molecule has 2 rings (SSSR count). The first-order valence-corrected chi connectivity index (χ1v) is 7.90. The Hall–Kier alpha value is -1.02. The Balaban J connectivity index is 2.20. The predicted molar refractivity (Wildman–Crippen MR) is 82.2 cm³/mol. The first kappa shape index (κ1) is 15.4. The van der Waals surface area contributed by atoms with E-state index in [0.717, 1.165) is 24.4 Å². The monoisotopic (exact) mass is 293 g/mol. The summed E-state index contributed by atoms with van der Waals surface area (Å²) < 4.78 is 13.3. The third kappa shape index (κ3) is 3.76. The van der Waals surface area contributed by atoms with Crippen molar-refractivity contribution in [3.63, 3.8) is 0 Å². The molecule has 0 amide bonds. The zero-order valence-corrected chi connectivity index (χ0v) is 12.7. The summed E-state index contributed by atoms with van der Waals surface area (Å²) in [5, 5.41) is 9.41. The van der Waals surface area contributed by atoms with E-state index in [1.54, 1.807) is 6.07 Å². The summed E-state index contributed by atoms with van der Waals surface area (Å²) in [6, 6.07) is 5.23. The van der Waals surface area contributed by atoms with Crippen LogP contribution < -0.4 is 0 Å². The number of thioether (sulfide) groups is 1. The van der Waals surface area contributed by atoms with Crippen LogP contribution in [0.4, 0.5) is 4.39 Å². The third-order valence-corrected chi connectivity index (χ3v) is 5.10. The van der Waals surface area contributed by atoms with Gasteiger partial charge in [-0.2, -0.15) is 11.8 Å². The van der Waals surface area contributed by atoms with E-state index in [4.69, 9.17) is 5.11 Å². The normalized spacial score (nSPS) is 23.2. The molecule has 2 unspecified atom stereocenters. The molecule has 1 heterocycles. The molecule has 0 saturated carbocycles. The number of nitrogens with zero attached hydrogens (tertiary/aromatic N) is 1. The van der Waals surface area contributed by atoms with Gasteiger partial charge in [0.1, 0.15) is 12.4 Å². The van der Waals surface area contributed by atoms with Crippen LogP contribution >= 0.6 is 11.8 Å². The largest absolute Gasteiger partial charge is 0.384 e. The zero-order valence-electron chi connectivity index (χ0n) is 11.9. The fraction of sp³-hybridized carbons (Fsp3) is 0.500. The number of halogens is 1. The van der Waals surface area contributed by atoms with Crippen LogP contribution in [0.5, 0.6) is 0 Å². The summed E-state index contributed by atoms with van der Waals surface area (Å²) in [5.74, 6) is 6.30. The molecule has 2 nitrogen and oxygen atoms in total. The molecule has 0 bridgehead atoms. The van der Waals surface area contributed by atoms with Crippen molar-refractivity contribution in [3.8, 4) is 11.8 Å². The van der Waals surface area contributed by atoms with E-state index < -0.39 is 0 Å². The fourth-order valence-electron chi connectivity index (χ4n) is 2.38. The molecule has 1 aliphatic rings. The minimum atomic E-state index is -0.286. The van der Waals surface area contributed by atoms with E-state index in [1.165, 1.54) is 12.1 Å². The number of rotatable bonds is 2. The van der Waals surface area contributed by atoms with Gasteiger partial charge < -0.3 is 5.11 Å². The van der Waals surface area contributed by atoms with Crippen molar-refractivity contribution in [3.05, 3.63) is 35.1 Å². The van der Waals surface area contributed by atoms with Crippen molar-refractivity contribution in [2.24, 2.45) is 0 Å². The second-order valence-corrected chi connectivity index (χ2v) is 6.53. The molecule has 0 aliphatic carbocycles. The van der Waals surface area contributed by atoms with Crippen molar-refractivity contribution < 1.29 is 9.50 Å². The van der Waals surface area contributed by atoms with Gasteiger partial charge in [-0.3, -0.25) is 4.90 Å². The number of aliphatic hydroxyl groups excluding tert-OH is 1. The van der Waals surface area contributed by atoms with Crippen LogP contribution in [0.2, 0.25) is 0 Å². The standard InChI is InChI=1S/C16H20FNOS/c1-12-13(2)20-9-7-18(12)11-15-5-6-16(17)10-14(15)4-3-8-19/h5-6,10,12-13,19H,7-9,11H2,1-2H3. The van der Waals surface area contributed by atoms with Crippen LogP contribution in [0.1, 0.15) is 25.0 Å². The molecule has 0 radical (unpaired) electrons. The smallest absolute Gasteiger partial charge is 0.124 e. The van der Waals surface area contributed by atoms with Crippen molar-refractivity contribution in [1.29, 1.82) is 0 Å². The van der Waals surface area contributed by atoms with E-state index in [9.17, 15) is 4.39 Å². The molecule has 0 spiro atoms. The summed E-state index contributed by atoms with van der Waals surface area (Å²) in [6.07, 6.45) is 0. The Morgan fingerprint density at radius 1 is 1.45 bits per heavy atom. The maximum absolute atomic E-state index is 13.3. The summed E-state index contributed by atoms with van der Waals surface area (Å²) in [5.41, 5.74) is 1.70. The number of hydrogen-bond acceptors (Lipinski definition) is 3. The lowest BCUT2D eigenvalue weighted by atomic mass is 10.1. The van der Waals surface area contributed by atoms with E-state index in [2.05, 4.69) is 30.6 Å². The molecular formula is C16H20FNOS. The van der Waals surface area contributed by atoms with Gasteiger partial charge in [0.25, 0.3) is 0 Å². The second-order valence-electron chi connectivity index (χ2n) is 5.05. The lowest BCUT2D eigenvalue weighted by molar-refractivity contribution is 0.204. The summed E-state index contributed by atoms with van der Waals surface area (Å²) in [6.45, 7) is 6.10. The maximum atomic E-state index is 13.3. The highest BCUT2D eigenvalue weighted by atomic mass is 32.2. The SMILES string of the molecule is CC1SCCN(Cc2ccc(F)cc2C#CCO)C1C. The Kier molecular flexibility index (Phi) is 5.47. The molecule has 20 heavy (non-hydrogen) atoms. The van der Waals surface area contributed by atoms with Gasteiger partial charge >= 0.3 is 0 Å². The van der Waals surface area contributed by atoms with Gasteiger partial charge in [-0.15, -0.1) is 0 Å². The van der Waals surface area contributed by atoms with Crippen molar-refractivity contribution in [2.45, 2.75) is 31.7 Å². The van der Waals surface area contributed by atoms with Crippen molar-refractivity contribution in [1.82, 2.24) is 4.90 Å². The van der Waals surface area contributed by atoms with Crippen LogP contribution in [0.15, 0.2) is 18.2 Å². The Morgan fingerprint density at radius 3 is 3.00 bits per heavy atom. The molecule has 1 saturated heterocycles. The first-order valence-electron chi connectivity index (χ1n) is 6.85. The average molecular weight is 293 g/mol. The zero-order chi connectivity index (χ0) is 14.5. The molecule has 1 N–H and O–H groups in total. The van der Waals surface area contributed by atoms with E-state index in [1.807, 2.05) is 11.8 Å². The van der Waals surface area contributed by atoms with Crippen LogP contribution in [-0.2, 0) is 6.54 Å². The molecular weight excluding hydrogens is 273 g/mol. The maximum Gasteiger partial charge on any atom is 0.124 e. The lowest BCUT2D eigenvalue weighted by Crippen LogP contribution is -2.44. The summed E-state index contributed by atoms with van der Waals surface area (Å²) in [7, 11) is 0. The molecule has 1 aliphatic heterocycles. The highest BCUT2D eigenvalue weighted by Crippen LogP contribution is 2.26. The Morgan fingerprint density at radius 2 is 2.25 bits per heavy atom. The molecule has 2 atom stereocenters. The topological polar surface area (TPSA) is 23.5 Å². The van der Waals surface area contributed by atoms with Crippen LogP contribution in [0.3, 0.4) is 0 Å². The molecule has 1 fully saturated rings. The van der Waals surface area contributed by atoms with Gasteiger partial charge in [-0.1, -0.05) is 24.8 Å². The van der Waals surface area contributed by atoms with Crippen LogP contribution in [-0.4, -0.2) is 40.2 Å². The fourth-order valence-corrected chi connectivity index (χ4v) is 3.54. The van der Waals surface area contributed by atoms with E-state index in [-0.39, 0.29) is 12.4 Å². The van der Waals surface area contributed by atoms with Crippen molar-refractivity contribution >= 4 is 11.8 Å². The number of benzene rings is 1. The quantitative estimate of drug-likeness (QED) is 0.848. The van der Waals surface area contributed by atoms with E-state index >= 15 is 0 Å². The number of hydrogen-bond donors (Lipinski definition) is 1. The lowest BCUT2D eigenvalue weighted by Gasteiger charge is -2.37. The minimum absolute atomic E-state index is 0.205. The Labute approximate surface area is 124 Å². The van der Waals surface area contributed by atoms with Crippen molar-refractivity contribution in [2.75, 3.05) is 18.9 Å². The van der Waals surface area contributed by atoms with Gasteiger partial charge in [0.15, 0.2) is 0 Å². The number of aliphatic hydroxyl groups is 1. The van der Waals surface area contributed by atoms with E-state index in [0.29, 0.717) is 16.9 Å². The molecule has 1 aromatic rings. The van der Waals surface area contributed by atoms with Gasteiger partial charge in [-0.25, -0.2) is 4.39 Å². The molecule has 4 heteroatoms. The van der Waals surface area contributed by atoms with Crippen LogP contribution in [0, 0.1) is 17.7 Å². The second kappa shape index (κ2) is 7.12. The van der Waals surface area contributed by atoms with Gasteiger partial charge in [0.05, 0.1) is 0 Å². The third-order valence-electron chi connectivity index (χ3n) is 3.76. The van der Waals surface area contributed by atoms with Gasteiger partial charge in [-0.05, 0) is 24.6 Å². The van der Waals surface area contributed by atoms with Gasteiger partial charge in [0, 0.05) is 35.7 Å². The minimum Gasteiger partial charge on any atom is -0.384 e. The molecule has 108 valence electrons. The highest BCUT2D eigenvalue weighted by Gasteiger charge is 2.25. The first-order chi connectivity index (χ1) is 9.61. The van der Waals surface area contributed by atoms with Crippen LogP contribution in [0.25, 0.3) is 0 Å². The molecule has 0 aromatic heterocycles. The molecule has 1 aromatic carbocycles.